The molecule has 0 unspecified atom stereocenters. The number of urea groups is 1. The van der Waals surface area contributed by atoms with E-state index in [0.717, 1.165) is 9.80 Å². The molecule has 1 saturated heterocycles. The number of imide groups is 2. The van der Waals surface area contributed by atoms with Crippen molar-refractivity contribution in [3.63, 3.8) is 0 Å². The summed E-state index contributed by atoms with van der Waals surface area (Å²) < 4.78 is 10.9. The minimum Gasteiger partial charge on any atom is -0.491 e. The predicted molar refractivity (Wildman–Crippen MR) is 130 cm³/mol. The van der Waals surface area contributed by atoms with Crippen LogP contribution in [0.3, 0.4) is 0 Å². The van der Waals surface area contributed by atoms with Crippen molar-refractivity contribution in [1.82, 2.24) is 0 Å². The van der Waals surface area contributed by atoms with E-state index in [0.29, 0.717) is 35.0 Å². The Labute approximate surface area is 201 Å². The first-order valence-electron chi connectivity index (χ1n) is 10.5. The van der Waals surface area contributed by atoms with Gasteiger partial charge in [0.1, 0.15) is 5.57 Å². The van der Waals surface area contributed by atoms with Gasteiger partial charge in [0.05, 0.1) is 30.1 Å². The number of halogens is 1. The molecule has 0 atom stereocenters. The monoisotopic (exact) mass is 476 g/mol. The summed E-state index contributed by atoms with van der Waals surface area (Å²) in [6, 6.07) is 19.3. The molecule has 34 heavy (non-hydrogen) atoms. The molecule has 0 aromatic heterocycles. The number of hydrogen-bond acceptors (Lipinski definition) is 5. The molecule has 0 radical (unpaired) electrons. The topological polar surface area (TPSA) is 76.2 Å². The molecule has 0 N–H and O–H groups in total. The Morgan fingerprint density at radius 3 is 1.85 bits per heavy atom. The van der Waals surface area contributed by atoms with Crippen LogP contribution in [0, 0.1) is 0 Å². The molecule has 0 bridgehead atoms. The summed E-state index contributed by atoms with van der Waals surface area (Å²) in [5, 5.41) is 0.256. The van der Waals surface area contributed by atoms with Gasteiger partial charge in [0.15, 0.2) is 11.5 Å². The van der Waals surface area contributed by atoms with Crippen LogP contribution in [-0.4, -0.2) is 31.6 Å². The third-order valence-corrected chi connectivity index (χ3v) is 5.41. The Kier molecular flexibility index (Phi) is 6.65. The Hall–Kier alpha value is -4.10. The van der Waals surface area contributed by atoms with Crippen molar-refractivity contribution in [2.45, 2.75) is 6.92 Å². The molecule has 4 rings (SSSR count). The minimum atomic E-state index is -0.757. The number of anilines is 2. The molecule has 1 heterocycles. The van der Waals surface area contributed by atoms with Crippen LogP contribution in [0.2, 0.25) is 5.02 Å². The van der Waals surface area contributed by atoms with E-state index < -0.39 is 17.8 Å². The van der Waals surface area contributed by atoms with Crippen molar-refractivity contribution < 1.29 is 23.9 Å². The van der Waals surface area contributed by atoms with Crippen LogP contribution in [0.4, 0.5) is 16.2 Å². The van der Waals surface area contributed by atoms with Gasteiger partial charge in [-0.1, -0.05) is 48.0 Å². The highest BCUT2D eigenvalue weighted by Crippen LogP contribution is 2.37. The Bertz CT molecular complexity index is 1210. The van der Waals surface area contributed by atoms with Crippen molar-refractivity contribution in [2.24, 2.45) is 0 Å². The van der Waals surface area contributed by atoms with Gasteiger partial charge in [0.2, 0.25) is 0 Å². The molecule has 3 aromatic rings. The first kappa shape index (κ1) is 23.1. The lowest BCUT2D eigenvalue weighted by Crippen LogP contribution is -2.57. The highest BCUT2D eigenvalue weighted by molar-refractivity contribution is 6.46. The fourth-order valence-electron chi connectivity index (χ4n) is 3.64. The van der Waals surface area contributed by atoms with E-state index in [-0.39, 0.29) is 10.6 Å². The van der Waals surface area contributed by atoms with E-state index in [4.69, 9.17) is 21.1 Å². The molecule has 0 spiro atoms. The van der Waals surface area contributed by atoms with Crippen molar-refractivity contribution in [3.05, 3.63) is 89.0 Å². The van der Waals surface area contributed by atoms with Gasteiger partial charge in [-0.3, -0.25) is 9.59 Å². The van der Waals surface area contributed by atoms with Crippen LogP contribution >= 0.6 is 11.6 Å². The summed E-state index contributed by atoms with van der Waals surface area (Å²) in [6.45, 7) is 2.18. The largest absolute Gasteiger partial charge is 0.491 e. The lowest BCUT2D eigenvalue weighted by Gasteiger charge is -2.34. The number of amides is 4. The first-order valence-corrected chi connectivity index (χ1v) is 10.9. The zero-order valence-electron chi connectivity index (χ0n) is 18.5. The highest BCUT2D eigenvalue weighted by atomic mass is 35.5. The maximum absolute atomic E-state index is 13.4. The van der Waals surface area contributed by atoms with Gasteiger partial charge in [-0.05, 0) is 55.0 Å². The number of para-hydroxylation sites is 2. The molecule has 172 valence electrons. The average molecular weight is 477 g/mol. The number of rotatable bonds is 6. The van der Waals surface area contributed by atoms with Gasteiger partial charge in [-0.15, -0.1) is 0 Å². The molecule has 3 aromatic carbocycles. The van der Waals surface area contributed by atoms with Crippen LogP contribution in [0.1, 0.15) is 12.5 Å². The fourth-order valence-corrected chi connectivity index (χ4v) is 3.93. The van der Waals surface area contributed by atoms with E-state index in [1.54, 1.807) is 72.8 Å². The third-order valence-electron chi connectivity index (χ3n) is 5.13. The van der Waals surface area contributed by atoms with Crippen molar-refractivity contribution >= 4 is 46.9 Å². The van der Waals surface area contributed by atoms with Gasteiger partial charge < -0.3 is 9.47 Å². The van der Waals surface area contributed by atoms with Crippen molar-refractivity contribution in [1.29, 1.82) is 0 Å². The minimum absolute atomic E-state index is 0.198. The van der Waals surface area contributed by atoms with Crippen LogP contribution in [-0.2, 0) is 9.59 Å². The molecule has 7 nitrogen and oxygen atoms in total. The van der Waals surface area contributed by atoms with Crippen LogP contribution in [0.25, 0.3) is 6.08 Å². The molecule has 1 aliphatic rings. The lowest BCUT2D eigenvalue weighted by molar-refractivity contribution is -0.121. The second-order valence-electron chi connectivity index (χ2n) is 7.26. The fraction of sp³-hybridized carbons (Fsp3) is 0.115. The molecule has 0 aliphatic carbocycles. The zero-order valence-corrected chi connectivity index (χ0v) is 19.3. The highest BCUT2D eigenvalue weighted by Gasteiger charge is 2.43. The molecule has 1 fully saturated rings. The Balaban J connectivity index is 1.87. The van der Waals surface area contributed by atoms with Crippen LogP contribution in [0.15, 0.2) is 78.4 Å². The van der Waals surface area contributed by atoms with Gasteiger partial charge in [0, 0.05) is 0 Å². The summed E-state index contributed by atoms with van der Waals surface area (Å²) in [7, 11) is 1.47. The quantitative estimate of drug-likeness (QED) is 0.355. The van der Waals surface area contributed by atoms with Gasteiger partial charge in [0.25, 0.3) is 11.8 Å². The number of benzene rings is 3. The zero-order chi connectivity index (χ0) is 24.2. The van der Waals surface area contributed by atoms with Crippen molar-refractivity contribution in [2.75, 3.05) is 23.5 Å². The van der Waals surface area contributed by atoms with Gasteiger partial charge >= 0.3 is 6.03 Å². The van der Waals surface area contributed by atoms with E-state index >= 15 is 0 Å². The molecule has 4 amide bonds. The summed E-state index contributed by atoms with van der Waals surface area (Å²) in [5.41, 5.74) is 0.941. The lowest BCUT2D eigenvalue weighted by atomic mass is 10.0. The Morgan fingerprint density at radius 2 is 1.38 bits per heavy atom. The summed E-state index contributed by atoms with van der Waals surface area (Å²) >= 11 is 6.35. The summed E-state index contributed by atoms with van der Waals surface area (Å²) in [5.74, 6) is -0.758. The van der Waals surface area contributed by atoms with E-state index in [1.165, 1.54) is 13.2 Å². The Morgan fingerprint density at radius 1 is 0.853 bits per heavy atom. The van der Waals surface area contributed by atoms with E-state index in [2.05, 4.69) is 0 Å². The number of hydrogen-bond donors (Lipinski definition) is 0. The first-order chi connectivity index (χ1) is 16.5. The number of nitrogens with zero attached hydrogens (tertiary/aromatic N) is 2. The third kappa shape index (κ3) is 4.25. The normalized spacial score (nSPS) is 13.9. The van der Waals surface area contributed by atoms with Gasteiger partial charge in [-0.25, -0.2) is 14.6 Å². The summed E-state index contributed by atoms with van der Waals surface area (Å²) in [6.07, 6.45) is 1.40. The number of barbiturate groups is 1. The summed E-state index contributed by atoms with van der Waals surface area (Å²) in [4.78, 5) is 42.2. The smallest absolute Gasteiger partial charge is 0.343 e. The number of carbonyl (C=O) groups is 3. The number of ether oxygens (including phenoxy) is 2. The predicted octanol–water partition coefficient (Wildman–Crippen LogP) is 5.33. The van der Waals surface area contributed by atoms with Crippen LogP contribution in [0.5, 0.6) is 11.5 Å². The average Bonchev–Trinajstić information content (AvgIpc) is 2.83. The van der Waals surface area contributed by atoms with Crippen molar-refractivity contribution in [3.8, 4) is 11.5 Å². The second kappa shape index (κ2) is 9.80. The molecule has 0 saturated carbocycles. The second-order valence-corrected chi connectivity index (χ2v) is 7.67. The van der Waals surface area contributed by atoms with Crippen LogP contribution < -0.4 is 19.3 Å². The number of methoxy groups -OCH3 is 1. The van der Waals surface area contributed by atoms with E-state index in [9.17, 15) is 14.4 Å². The molecular weight excluding hydrogens is 456 g/mol. The standard InChI is InChI=1S/C26H21ClN2O5/c1-3-34-22-16-17(15-21(27)23(22)33-2)14-20-24(30)28(18-10-6-4-7-11-18)26(32)29(25(20)31)19-12-8-5-9-13-19/h4-16H,3H2,1-2H3. The van der Waals surface area contributed by atoms with E-state index in [1.807, 2.05) is 6.92 Å². The maximum Gasteiger partial charge on any atom is 0.343 e. The number of carbonyl (C=O) groups excluding carboxylic acids is 3. The SMILES string of the molecule is CCOc1cc(C=C2C(=O)N(c3ccccc3)C(=O)N(c3ccccc3)C2=O)cc(Cl)c1OC. The molecule has 8 heteroatoms. The molecule has 1 aliphatic heterocycles. The molecular formula is C26H21ClN2O5. The maximum atomic E-state index is 13.4. The van der Waals surface area contributed by atoms with Gasteiger partial charge in [-0.2, -0.15) is 0 Å².